The molecule has 2 unspecified atom stereocenters. The molecule has 2 N–H and O–H groups in total. The van der Waals surface area contributed by atoms with Crippen LogP contribution >= 0.6 is 31.9 Å². The number of aliphatic hydroxyl groups is 1. The summed E-state index contributed by atoms with van der Waals surface area (Å²) >= 11 is 6.94. The first-order valence-electron chi connectivity index (χ1n) is 5.52. The van der Waals surface area contributed by atoms with E-state index in [0.717, 1.165) is 34.8 Å². The summed E-state index contributed by atoms with van der Waals surface area (Å²) in [6.07, 6.45) is 2.97. The highest BCUT2D eigenvalue weighted by Gasteiger charge is 2.24. The molecule has 0 spiro atoms. The molecular weight excluding hydrogens is 334 g/mol. The van der Waals surface area contributed by atoms with Crippen LogP contribution < -0.4 is 5.32 Å². The van der Waals surface area contributed by atoms with E-state index in [1.807, 2.05) is 6.07 Å². The highest BCUT2D eigenvalue weighted by atomic mass is 79.9. The van der Waals surface area contributed by atoms with Gasteiger partial charge in [-0.25, -0.2) is 0 Å². The Labute approximate surface area is 113 Å². The zero-order valence-corrected chi connectivity index (χ0v) is 12.1. The van der Waals surface area contributed by atoms with Gasteiger partial charge in [0, 0.05) is 21.5 Å². The van der Waals surface area contributed by atoms with E-state index >= 15 is 0 Å². The number of hydrogen-bond acceptors (Lipinski definition) is 2. The number of aliphatic hydroxyl groups excluding tert-OH is 1. The molecule has 0 aliphatic heterocycles. The molecule has 2 rings (SSSR count). The normalized spacial score (nSPS) is 24.9. The van der Waals surface area contributed by atoms with Gasteiger partial charge in [-0.15, -0.1) is 0 Å². The smallest absolute Gasteiger partial charge is 0.0693 e. The zero-order chi connectivity index (χ0) is 11.5. The fourth-order valence-corrected chi connectivity index (χ4v) is 2.75. The first kappa shape index (κ1) is 12.6. The molecule has 1 saturated carbocycles. The van der Waals surface area contributed by atoms with Gasteiger partial charge >= 0.3 is 0 Å². The zero-order valence-electron chi connectivity index (χ0n) is 8.92. The van der Waals surface area contributed by atoms with E-state index < -0.39 is 0 Å². The van der Waals surface area contributed by atoms with Crippen LogP contribution in [0.3, 0.4) is 0 Å². The third-order valence-electron chi connectivity index (χ3n) is 3.03. The topological polar surface area (TPSA) is 32.3 Å². The molecule has 0 aromatic heterocycles. The van der Waals surface area contributed by atoms with Gasteiger partial charge in [-0.2, -0.15) is 0 Å². The fourth-order valence-electron chi connectivity index (χ4n) is 2.08. The lowest BCUT2D eigenvalue weighted by Crippen LogP contribution is -2.35. The third kappa shape index (κ3) is 3.06. The summed E-state index contributed by atoms with van der Waals surface area (Å²) in [5.74, 6) is 0. The molecule has 88 valence electrons. The second kappa shape index (κ2) is 5.63. The van der Waals surface area contributed by atoms with Crippen LogP contribution in [0.15, 0.2) is 27.1 Å². The first-order chi connectivity index (χ1) is 7.66. The molecule has 0 amide bonds. The Morgan fingerprint density at radius 1 is 1.25 bits per heavy atom. The molecule has 1 aromatic carbocycles. The Morgan fingerprint density at radius 2 is 2.06 bits per heavy atom. The molecule has 0 radical (unpaired) electrons. The maximum absolute atomic E-state index is 9.69. The molecule has 1 aliphatic carbocycles. The quantitative estimate of drug-likeness (QED) is 0.879. The first-order valence-corrected chi connectivity index (χ1v) is 7.11. The SMILES string of the molecule is OC1CCCC1NCc1ccc(Br)c(Br)c1. The molecular formula is C12H15Br2NO. The number of halogens is 2. The predicted octanol–water partition coefficient (Wildman–Crippen LogP) is 3.21. The Balaban J connectivity index is 1.91. The summed E-state index contributed by atoms with van der Waals surface area (Å²) < 4.78 is 2.14. The van der Waals surface area contributed by atoms with Crippen molar-refractivity contribution in [1.29, 1.82) is 0 Å². The van der Waals surface area contributed by atoms with Crippen molar-refractivity contribution in [2.75, 3.05) is 0 Å². The molecule has 2 nitrogen and oxygen atoms in total. The van der Waals surface area contributed by atoms with Gasteiger partial charge in [-0.3, -0.25) is 0 Å². The summed E-state index contributed by atoms with van der Waals surface area (Å²) in [5.41, 5.74) is 1.23. The molecule has 0 bridgehead atoms. The van der Waals surface area contributed by atoms with Crippen molar-refractivity contribution in [3.05, 3.63) is 32.7 Å². The highest BCUT2D eigenvalue weighted by molar-refractivity contribution is 9.13. The van der Waals surface area contributed by atoms with Crippen LogP contribution in [0.25, 0.3) is 0 Å². The van der Waals surface area contributed by atoms with E-state index in [1.165, 1.54) is 5.56 Å². The predicted molar refractivity (Wildman–Crippen MR) is 72.3 cm³/mol. The van der Waals surface area contributed by atoms with Crippen LogP contribution in [-0.4, -0.2) is 17.3 Å². The number of hydrogen-bond donors (Lipinski definition) is 2. The standard InChI is InChI=1S/C12H15Br2NO/c13-9-5-4-8(6-10(9)14)7-15-11-2-1-3-12(11)16/h4-6,11-12,15-16H,1-3,7H2. The summed E-state index contributed by atoms with van der Waals surface area (Å²) in [5, 5.41) is 13.1. The van der Waals surface area contributed by atoms with Gasteiger partial charge < -0.3 is 10.4 Å². The second-order valence-electron chi connectivity index (χ2n) is 4.23. The van der Waals surface area contributed by atoms with E-state index in [2.05, 4.69) is 49.3 Å². The van der Waals surface area contributed by atoms with Gasteiger partial charge in [0.05, 0.1) is 6.10 Å². The van der Waals surface area contributed by atoms with Gasteiger partial charge in [0.2, 0.25) is 0 Å². The molecule has 1 fully saturated rings. The highest BCUT2D eigenvalue weighted by Crippen LogP contribution is 2.24. The largest absolute Gasteiger partial charge is 0.392 e. The Hall–Kier alpha value is 0.1000. The van der Waals surface area contributed by atoms with Crippen LogP contribution in [0.4, 0.5) is 0 Å². The minimum absolute atomic E-state index is 0.168. The maximum atomic E-state index is 9.69. The van der Waals surface area contributed by atoms with Crippen molar-refractivity contribution < 1.29 is 5.11 Å². The van der Waals surface area contributed by atoms with E-state index in [1.54, 1.807) is 0 Å². The third-order valence-corrected chi connectivity index (χ3v) is 4.91. The van der Waals surface area contributed by atoms with Crippen molar-refractivity contribution in [3.8, 4) is 0 Å². The Bertz CT molecular complexity index is 370. The molecule has 4 heteroatoms. The minimum Gasteiger partial charge on any atom is -0.392 e. The number of benzene rings is 1. The van der Waals surface area contributed by atoms with Crippen LogP contribution in [0.5, 0.6) is 0 Å². The van der Waals surface area contributed by atoms with E-state index in [-0.39, 0.29) is 12.1 Å². The van der Waals surface area contributed by atoms with Gasteiger partial charge in [-0.1, -0.05) is 6.07 Å². The number of rotatable bonds is 3. The fraction of sp³-hybridized carbons (Fsp3) is 0.500. The van der Waals surface area contributed by atoms with Crippen LogP contribution in [-0.2, 0) is 6.54 Å². The molecule has 0 heterocycles. The summed E-state index contributed by atoms with van der Waals surface area (Å²) in [6.45, 7) is 0.813. The molecule has 1 aliphatic rings. The summed E-state index contributed by atoms with van der Waals surface area (Å²) in [4.78, 5) is 0. The van der Waals surface area contributed by atoms with Gasteiger partial charge in [0.25, 0.3) is 0 Å². The van der Waals surface area contributed by atoms with Crippen molar-refractivity contribution in [3.63, 3.8) is 0 Å². The van der Waals surface area contributed by atoms with Crippen molar-refractivity contribution in [1.82, 2.24) is 5.32 Å². The van der Waals surface area contributed by atoms with Gasteiger partial charge in [0.15, 0.2) is 0 Å². The molecule has 1 aromatic rings. The van der Waals surface area contributed by atoms with E-state index in [0.29, 0.717) is 0 Å². The van der Waals surface area contributed by atoms with Crippen LogP contribution in [0.2, 0.25) is 0 Å². The maximum Gasteiger partial charge on any atom is 0.0693 e. The lowest BCUT2D eigenvalue weighted by atomic mass is 10.2. The summed E-state index contributed by atoms with van der Waals surface area (Å²) in [7, 11) is 0. The van der Waals surface area contributed by atoms with E-state index in [4.69, 9.17) is 0 Å². The Kier molecular flexibility index (Phi) is 4.41. The Morgan fingerprint density at radius 3 is 2.69 bits per heavy atom. The van der Waals surface area contributed by atoms with Crippen molar-refractivity contribution in [2.45, 2.75) is 38.0 Å². The average Bonchev–Trinajstić information content (AvgIpc) is 2.66. The van der Waals surface area contributed by atoms with Crippen molar-refractivity contribution >= 4 is 31.9 Å². The van der Waals surface area contributed by atoms with Gasteiger partial charge in [0.1, 0.15) is 0 Å². The van der Waals surface area contributed by atoms with Gasteiger partial charge in [-0.05, 0) is 68.8 Å². The molecule has 16 heavy (non-hydrogen) atoms. The minimum atomic E-state index is -0.168. The second-order valence-corrected chi connectivity index (χ2v) is 5.94. The summed E-state index contributed by atoms with van der Waals surface area (Å²) in [6, 6.07) is 6.48. The van der Waals surface area contributed by atoms with E-state index in [9.17, 15) is 5.11 Å². The lowest BCUT2D eigenvalue weighted by molar-refractivity contribution is 0.148. The average molecular weight is 349 g/mol. The monoisotopic (exact) mass is 347 g/mol. The molecule has 2 atom stereocenters. The van der Waals surface area contributed by atoms with Crippen LogP contribution in [0.1, 0.15) is 24.8 Å². The van der Waals surface area contributed by atoms with Crippen LogP contribution in [0, 0.1) is 0 Å². The number of nitrogens with one attached hydrogen (secondary N) is 1. The van der Waals surface area contributed by atoms with Crippen molar-refractivity contribution in [2.24, 2.45) is 0 Å². The molecule has 0 saturated heterocycles. The lowest BCUT2D eigenvalue weighted by Gasteiger charge is -2.16.